The second-order valence-electron chi connectivity index (χ2n) is 9.11. The monoisotopic (exact) mass is 497 g/mol. The van der Waals surface area contributed by atoms with Gasteiger partial charge < -0.3 is 19.7 Å². The normalized spacial score (nSPS) is 18.2. The SMILES string of the molecule is O=C(NCc1ccc(S(=O)(=O)N2CCCC23CCN(C(=O)O)CC3)cc1)c1ccc2nccn2c1. The van der Waals surface area contributed by atoms with E-state index in [4.69, 9.17) is 0 Å². The molecule has 0 atom stereocenters. The third-order valence-corrected chi connectivity index (χ3v) is 9.13. The molecular formula is C24H27N5O5S. The highest BCUT2D eigenvalue weighted by Gasteiger charge is 2.49. The Hall–Kier alpha value is -3.44. The average molecular weight is 498 g/mol. The van der Waals surface area contributed by atoms with Gasteiger partial charge in [0.2, 0.25) is 10.0 Å². The minimum atomic E-state index is -3.72. The number of carbonyl (C=O) groups is 2. The van der Waals surface area contributed by atoms with E-state index in [0.29, 0.717) is 38.0 Å². The molecule has 0 unspecified atom stereocenters. The number of likely N-dealkylation sites (tertiary alicyclic amines) is 1. The topological polar surface area (TPSA) is 124 Å². The zero-order chi connectivity index (χ0) is 24.6. The van der Waals surface area contributed by atoms with E-state index in [-0.39, 0.29) is 17.3 Å². The van der Waals surface area contributed by atoms with Gasteiger partial charge >= 0.3 is 6.09 Å². The molecule has 2 saturated heterocycles. The first kappa shape index (κ1) is 23.3. The van der Waals surface area contributed by atoms with Crippen molar-refractivity contribution in [3.8, 4) is 0 Å². The van der Waals surface area contributed by atoms with E-state index in [1.165, 1.54) is 4.90 Å². The fourth-order valence-electron chi connectivity index (χ4n) is 5.15. The molecule has 2 aromatic heterocycles. The minimum absolute atomic E-state index is 0.208. The van der Waals surface area contributed by atoms with Crippen LogP contribution in [-0.4, -0.2) is 69.3 Å². The number of imidazole rings is 1. The largest absolute Gasteiger partial charge is 0.465 e. The van der Waals surface area contributed by atoms with Crippen molar-refractivity contribution in [1.82, 2.24) is 23.9 Å². The zero-order valence-corrected chi connectivity index (χ0v) is 19.9. The number of rotatable bonds is 5. The first-order chi connectivity index (χ1) is 16.8. The van der Waals surface area contributed by atoms with Gasteiger partial charge in [-0.1, -0.05) is 12.1 Å². The summed E-state index contributed by atoms with van der Waals surface area (Å²) < 4.78 is 30.3. The second kappa shape index (κ2) is 8.97. The summed E-state index contributed by atoms with van der Waals surface area (Å²) in [6.45, 7) is 1.38. The molecule has 2 amide bonds. The molecule has 2 aliphatic rings. The second-order valence-corrected chi connectivity index (χ2v) is 11.0. The van der Waals surface area contributed by atoms with Crippen LogP contribution in [0.4, 0.5) is 4.79 Å². The van der Waals surface area contributed by atoms with Crippen LogP contribution in [0.2, 0.25) is 0 Å². The third kappa shape index (κ3) is 4.37. The van der Waals surface area contributed by atoms with Crippen LogP contribution >= 0.6 is 0 Å². The lowest BCUT2D eigenvalue weighted by Crippen LogP contribution is -2.54. The summed E-state index contributed by atoms with van der Waals surface area (Å²) >= 11 is 0. The number of nitrogens with zero attached hydrogens (tertiary/aromatic N) is 4. The molecule has 5 rings (SSSR count). The summed E-state index contributed by atoms with van der Waals surface area (Å²) in [7, 11) is -3.72. The van der Waals surface area contributed by atoms with E-state index in [2.05, 4.69) is 10.3 Å². The molecule has 184 valence electrons. The summed E-state index contributed by atoms with van der Waals surface area (Å²) in [5.74, 6) is -0.232. The number of benzene rings is 1. The van der Waals surface area contributed by atoms with Crippen molar-refractivity contribution in [2.75, 3.05) is 19.6 Å². The van der Waals surface area contributed by atoms with Crippen molar-refractivity contribution >= 4 is 27.7 Å². The Labute approximate surface area is 203 Å². The number of piperidine rings is 1. The molecule has 0 radical (unpaired) electrons. The number of carbonyl (C=O) groups excluding carboxylic acids is 1. The molecule has 2 aliphatic heterocycles. The number of hydrogen-bond donors (Lipinski definition) is 2. The molecule has 3 aromatic rings. The highest BCUT2D eigenvalue weighted by atomic mass is 32.2. The molecule has 11 heteroatoms. The van der Waals surface area contributed by atoms with Crippen molar-refractivity contribution in [1.29, 1.82) is 0 Å². The quantitative estimate of drug-likeness (QED) is 0.558. The maximum atomic E-state index is 13.5. The maximum absolute atomic E-state index is 13.5. The summed E-state index contributed by atoms with van der Waals surface area (Å²) in [4.78, 5) is 29.5. The van der Waals surface area contributed by atoms with Gasteiger partial charge in [0.15, 0.2) is 0 Å². The van der Waals surface area contributed by atoms with Gasteiger partial charge in [-0.15, -0.1) is 0 Å². The Morgan fingerprint density at radius 2 is 1.77 bits per heavy atom. The smallest absolute Gasteiger partial charge is 0.407 e. The van der Waals surface area contributed by atoms with Crippen LogP contribution in [0.1, 0.15) is 41.6 Å². The van der Waals surface area contributed by atoms with E-state index < -0.39 is 21.7 Å². The molecule has 0 saturated carbocycles. The van der Waals surface area contributed by atoms with Gasteiger partial charge in [-0.3, -0.25) is 4.79 Å². The first-order valence-corrected chi connectivity index (χ1v) is 13.0. The third-order valence-electron chi connectivity index (χ3n) is 7.11. The molecule has 1 spiro atoms. The van der Waals surface area contributed by atoms with Gasteiger partial charge in [-0.2, -0.15) is 4.31 Å². The Balaban J connectivity index is 1.25. The van der Waals surface area contributed by atoms with Gasteiger partial charge in [0.25, 0.3) is 5.91 Å². The minimum Gasteiger partial charge on any atom is -0.465 e. The number of pyridine rings is 1. The molecule has 4 heterocycles. The first-order valence-electron chi connectivity index (χ1n) is 11.6. The van der Waals surface area contributed by atoms with Crippen LogP contribution in [0.25, 0.3) is 5.65 Å². The van der Waals surface area contributed by atoms with Crippen LogP contribution < -0.4 is 5.32 Å². The lowest BCUT2D eigenvalue weighted by atomic mass is 9.86. The van der Waals surface area contributed by atoms with Crippen molar-refractivity contribution in [2.24, 2.45) is 0 Å². The van der Waals surface area contributed by atoms with Crippen molar-refractivity contribution in [3.05, 3.63) is 66.1 Å². The molecule has 0 bridgehead atoms. The van der Waals surface area contributed by atoms with Gasteiger partial charge in [-0.25, -0.2) is 18.2 Å². The van der Waals surface area contributed by atoms with Crippen molar-refractivity contribution in [2.45, 2.75) is 42.7 Å². The van der Waals surface area contributed by atoms with Gasteiger partial charge in [0.1, 0.15) is 5.65 Å². The van der Waals surface area contributed by atoms with E-state index >= 15 is 0 Å². The number of sulfonamides is 1. The molecule has 2 fully saturated rings. The van der Waals surface area contributed by atoms with Crippen LogP contribution in [0.15, 0.2) is 59.9 Å². The average Bonchev–Trinajstić information content (AvgIpc) is 3.50. The van der Waals surface area contributed by atoms with E-state index in [0.717, 1.165) is 24.1 Å². The Morgan fingerprint density at radius 3 is 2.49 bits per heavy atom. The summed E-state index contributed by atoms with van der Waals surface area (Å²) in [5.41, 5.74) is 1.52. The summed E-state index contributed by atoms with van der Waals surface area (Å²) in [6.07, 6.45) is 6.70. The van der Waals surface area contributed by atoms with E-state index in [1.807, 2.05) is 0 Å². The molecule has 10 nitrogen and oxygen atoms in total. The van der Waals surface area contributed by atoms with Crippen LogP contribution in [0.5, 0.6) is 0 Å². The van der Waals surface area contributed by atoms with Crippen molar-refractivity contribution in [3.63, 3.8) is 0 Å². The number of hydrogen-bond acceptors (Lipinski definition) is 5. The predicted octanol–water partition coefficient (Wildman–Crippen LogP) is 2.56. The molecule has 1 aromatic carbocycles. The van der Waals surface area contributed by atoms with Crippen LogP contribution in [0.3, 0.4) is 0 Å². The molecule has 0 aliphatic carbocycles. The van der Waals surface area contributed by atoms with Gasteiger partial charge in [-0.05, 0) is 55.5 Å². The van der Waals surface area contributed by atoms with E-state index in [1.54, 1.807) is 63.7 Å². The van der Waals surface area contributed by atoms with Crippen LogP contribution in [-0.2, 0) is 16.6 Å². The highest BCUT2D eigenvalue weighted by Crippen LogP contribution is 2.41. The lowest BCUT2D eigenvalue weighted by Gasteiger charge is -2.43. The Bertz CT molecular complexity index is 1360. The number of amides is 2. The van der Waals surface area contributed by atoms with E-state index in [9.17, 15) is 23.1 Å². The molecule has 35 heavy (non-hydrogen) atoms. The Morgan fingerprint density at radius 1 is 1.03 bits per heavy atom. The number of fused-ring (bicyclic) bond motifs is 1. The number of carboxylic acid groups (broad SMARTS) is 1. The highest BCUT2D eigenvalue weighted by molar-refractivity contribution is 7.89. The van der Waals surface area contributed by atoms with Gasteiger partial charge in [0.05, 0.1) is 10.5 Å². The number of aromatic nitrogens is 2. The number of nitrogens with one attached hydrogen (secondary N) is 1. The van der Waals surface area contributed by atoms with Crippen molar-refractivity contribution < 1.29 is 23.1 Å². The summed E-state index contributed by atoms with van der Waals surface area (Å²) in [5, 5.41) is 12.1. The van der Waals surface area contributed by atoms with Crippen LogP contribution in [0, 0.1) is 0 Å². The predicted molar refractivity (Wildman–Crippen MR) is 127 cm³/mol. The molecular weight excluding hydrogens is 470 g/mol. The van der Waals surface area contributed by atoms with Gasteiger partial charge in [0, 0.05) is 50.3 Å². The standard InChI is InChI=1S/C24H27N5O5S/c30-22(19-4-7-21-25-11-15-28(21)17-19)26-16-18-2-5-20(6-3-18)35(33,34)29-12-1-8-24(29)9-13-27(14-10-24)23(31)32/h2-7,11,15,17H,1,8-10,12-14,16H2,(H,26,30)(H,31,32). The zero-order valence-electron chi connectivity index (χ0n) is 19.1. The fraction of sp³-hybridized carbons (Fsp3) is 0.375. The maximum Gasteiger partial charge on any atom is 0.407 e. The lowest BCUT2D eigenvalue weighted by molar-refractivity contribution is 0.0894. The molecule has 2 N–H and O–H groups in total. The fourth-order valence-corrected chi connectivity index (χ4v) is 7.04. The summed E-state index contributed by atoms with van der Waals surface area (Å²) in [6, 6.07) is 10.1. The Kier molecular flexibility index (Phi) is 5.97.